The van der Waals surface area contributed by atoms with Crippen LogP contribution in [0.15, 0.2) is 17.1 Å². The number of nitrogens with one attached hydrogen (secondary N) is 2. The maximum absolute atomic E-state index is 12.8. The van der Waals surface area contributed by atoms with E-state index in [9.17, 15) is 9.59 Å². The summed E-state index contributed by atoms with van der Waals surface area (Å²) in [5.41, 5.74) is 0.162. The van der Waals surface area contributed by atoms with Gasteiger partial charge in [0, 0.05) is 32.2 Å². The van der Waals surface area contributed by atoms with Crippen molar-refractivity contribution in [1.82, 2.24) is 20.4 Å². The number of hydrogen-bond acceptors (Lipinski definition) is 4. The number of carbonyl (C=O) groups excluding carboxylic acids is 2. The molecule has 0 aromatic heterocycles. The van der Waals surface area contributed by atoms with Crippen LogP contribution in [-0.2, 0) is 9.59 Å². The molecule has 2 N–H and O–H groups in total. The molecule has 1 aliphatic heterocycles. The monoisotopic (exact) mass is 557 g/mol. The summed E-state index contributed by atoms with van der Waals surface area (Å²) in [7, 11) is 6.15. The summed E-state index contributed by atoms with van der Waals surface area (Å²) in [6, 6.07) is 0. The fraction of sp³-hybridized carbons (Fsp3) is 0.792. The first-order valence-corrected chi connectivity index (χ1v) is 12.0. The summed E-state index contributed by atoms with van der Waals surface area (Å²) in [6.45, 7) is 4.39. The van der Waals surface area contributed by atoms with Crippen molar-refractivity contribution in [2.75, 3.05) is 40.8 Å². The summed E-state index contributed by atoms with van der Waals surface area (Å²) in [5, 5.41) is 6.89. The molecule has 2 saturated carbocycles. The van der Waals surface area contributed by atoms with Gasteiger partial charge in [0.2, 0.25) is 11.8 Å². The Bertz CT molecular complexity index is 739. The molecular formula is C24H40IN5O2. The lowest BCUT2D eigenvalue weighted by Gasteiger charge is -2.45. The maximum Gasteiger partial charge on any atom is 0.233 e. The number of likely N-dealkylation sites (N-methyl/N-ethyl adjacent to an activating group) is 1. The molecule has 2 bridgehead atoms. The Balaban J connectivity index is 0.00000289. The van der Waals surface area contributed by atoms with E-state index in [2.05, 4.69) is 53.7 Å². The van der Waals surface area contributed by atoms with E-state index in [1.165, 1.54) is 30.6 Å². The van der Waals surface area contributed by atoms with Crippen LogP contribution in [0.1, 0.15) is 45.4 Å². The molecule has 4 rings (SSSR count). The Hall–Kier alpha value is -1.16. The Kier molecular flexibility index (Phi) is 8.28. The van der Waals surface area contributed by atoms with Gasteiger partial charge in [0.15, 0.2) is 5.96 Å². The highest BCUT2D eigenvalue weighted by Crippen LogP contribution is 2.52. The van der Waals surface area contributed by atoms with E-state index in [1.807, 2.05) is 0 Å². The summed E-state index contributed by atoms with van der Waals surface area (Å²) < 4.78 is 0. The van der Waals surface area contributed by atoms with Crippen molar-refractivity contribution in [3.63, 3.8) is 0 Å². The average molecular weight is 558 g/mol. The molecule has 3 fully saturated rings. The lowest BCUT2D eigenvalue weighted by atomic mass is 9.75. The van der Waals surface area contributed by atoms with Gasteiger partial charge in [0.1, 0.15) is 0 Å². The van der Waals surface area contributed by atoms with Crippen molar-refractivity contribution in [3.8, 4) is 0 Å². The van der Waals surface area contributed by atoms with Gasteiger partial charge in [-0.3, -0.25) is 19.5 Å². The molecule has 180 valence electrons. The number of rotatable bonds is 7. The van der Waals surface area contributed by atoms with Crippen LogP contribution in [-0.4, -0.2) is 73.9 Å². The zero-order chi connectivity index (χ0) is 22.2. The predicted molar refractivity (Wildman–Crippen MR) is 138 cm³/mol. The first kappa shape index (κ1) is 25.5. The van der Waals surface area contributed by atoms with E-state index in [-0.39, 0.29) is 65.0 Å². The van der Waals surface area contributed by atoms with E-state index < -0.39 is 0 Å². The maximum atomic E-state index is 12.8. The molecule has 1 heterocycles. The number of allylic oxidation sites excluding steroid dienone is 2. The summed E-state index contributed by atoms with van der Waals surface area (Å²) in [5.74, 6) is 2.01. The molecule has 8 heteroatoms. The zero-order valence-electron chi connectivity index (χ0n) is 20.0. The standard InChI is InChI=1S/C24H39N5O2.HI/c1-16-7-5-10-24(14-16,28(3)4)15-27-23(25-2)26-11-6-12-29-21(30)19-17-8-9-18(13-17)20(19)22(29)31;/h8-9,16-20H,5-7,10-15H2,1-4H3,(H2,25,26,27);1H. The van der Waals surface area contributed by atoms with Crippen molar-refractivity contribution in [3.05, 3.63) is 12.2 Å². The Morgan fingerprint density at radius 1 is 1.19 bits per heavy atom. The molecule has 7 nitrogen and oxygen atoms in total. The van der Waals surface area contributed by atoms with Gasteiger partial charge in [0.25, 0.3) is 0 Å². The number of halogens is 1. The van der Waals surface area contributed by atoms with Crippen molar-refractivity contribution in [2.24, 2.45) is 34.6 Å². The van der Waals surface area contributed by atoms with Crippen molar-refractivity contribution < 1.29 is 9.59 Å². The highest BCUT2D eigenvalue weighted by molar-refractivity contribution is 14.0. The lowest BCUT2D eigenvalue weighted by Crippen LogP contribution is -2.56. The molecule has 1 saturated heterocycles. The van der Waals surface area contributed by atoms with Gasteiger partial charge in [-0.2, -0.15) is 0 Å². The molecule has 6 atom stereocenters. The van der Waals surface area contributed by atoms with E-state index in [0.717, 1.165) is 31.3 Å². The number of nitrogens with zero attached hydrogens (tertiary/aromatic N) is 3. The highest BCUT2D eigenvalue weighted by atomic mass is 127. The van der Waals surface area contributed by atoms with Crippen molar-refractivity contribution >= 4 is 41.8 Å². The van der Waals surface area contributed by atoms with E-state index in [1.54, 1.807) is 7.05 Å². The Morgan fingerprint density at radius 2 is 1.84 bits per heavy atom. The van der Waals surface area contributed by atoms with Crippen LogP contribution in [0.3, 0.4) is 0 Å². The third kappa shape index (κ3) is 4.72. The third-order valence-corrected chi connectivity index (χ3v) is 8.24. The Labute approximate surface area is 209 Å². The van der Waals surface area contributed by atoms with Gasteiger partial charge in [0.05, 0.1) is 11.8 Å². The first-order chi connectivity index (χ1) is 14.9. The lowest BCUT2D eigenvalue weighted by molar-refractivity contribution is -0.140. The number of fused-ring (bicyclic) bond motifs is 5. The summed E-state index contributed by atoms with van der Waals surface area (Å²) >= 11 is 0. The highest BCUT2D eigenvalue weighted by Gasteiger charge is 2.58. The zero-order valence-corrected chi connectivity index (χ0v) is 22.3. The molecule has 0 aromatic carbocycles. The third-order valence-electron chi connectivity index (χ3n) is 8.24. The number of imide groups is 1. The molecular weight excluding hydrogens is 517 g/mol. The molecule has 32 heavy (non-hydrogen) atoms. The van der Waals surface area contributed by atoms with E-state index >= 15 is 0 Å². The molecule has 4 aliphatic rings. The average Bonchev–Trinajstić information content (AvgIpc) is 3.42. The van der Waals surface area contributed by atoms with E-state index in [4.69, 9.17) is 0 Å². The number of carbonyl (C=O) groups is 2. The van der Waals surface area contributed by atoms with Gasteiger partial charge in [-0.25, -0.2) is 0 Å². The predicted octanol–water partition coefficient (Wildman–Crippen LogP) is 2.48. The summed E-state index contributed by atoms with van der Waals surface area (Å²) in [4.78, 5) is 33.8. The number of aliphatic imine (C=N–C) groups is 1. The van der Waals surface area contributed by atoms with Crippen LogP contribution >= 0.6 is 24.0 Å². The van der Waals surface area contributed by atoms with Crippen LogP contribution in [0, 0.1) is 29.6 Å². The minimum atomic E-state index is -0.0926. The normalized spacial score (nSPS) is 36.0. The molecule has 2 amide bonds. The quantitative estimate of drug-likeness (QED) is 0.126. The van der Waals surface area contributed by atoms with Crippen LogP contribution < -0.4 is 10.6 Å². The molecule has 3 aliphatic carbocycles. The van der Waals surface area contributed by atoms with Gasteiger partial charge < -0.3 is 15.5 Å². The SMILES string of the molecule is CN=C(NCCCN1C(=O)C2C3C=CC(C3)C2C1=O)NCC1(N(C)C)CCCC(C)C1.I. The minimum Gasteiger partial charge on any atom is -0.356 e. The van der Waals surface area contributed by atoms with E-state index in [0.29, 0.717) is 13.1 Å². The first-order valence-electron chi connectivity index (χ1n) is 12.0. The largest absolute Gasteiger partial charge is 0.356 e. The van der Waals surface area contributed by atoms with Gasteiger partial charge >= 0.3 is 0 Å². The number of guanidine groups is 1. The number of amides is 2. The van der Waals surface area contributed by atoms with Crippen LogP contribution in [0.4, 0.5) is 0 Å². The smallest absolute Gasteiger partial charge is 0.233 e. The second-order valence-corrected chi connectivity index (χ2v) is 10.4. The van der Waals surface area contributed by atoms with Gasteiger partial charge in [-0.15, -0.1) is 24.0 Å². The molecule has 0 radical (unpaired) electrons. The molecule has 0 aromatic rings. The van der Waals surface area contributed by atoms with Crippen molar-refractivity contribution in [2.45, 2.75) is 51.0 Å². The topological polar surface area (TPSA) is 77.0 Å². The second kappa shape index (κ2) is 10.4. The summed E-state index contributed by atoms with van der Waals surface area (Å²) in [6.07, 6.45) is 11.0. The number of likely N-dealkylation sites (tertiary alicyclic amines) is 1. The fourth-order valence-electron chi connectivity index (χ4n) is 6.45. The second-order valence-electron chi connectivity index (χ2n) is 10.4. The van der Waals surface area contributed by atoms with Crippen molar-refractivity contribution in [1.29, 1.82) is 0 Å². The van der Waals surface area contributed by atoms with Gasteiger partial charge in [-0.05, 0) is 57.5 Å². The fourth-order valence-corrected chi connectivity index (χ4v) is 6.45. The Morgan fingerprint density at radius 3 is 2.41 bits per heavy atom. The van der Waals surface area contributed by atoms with Gasteiger partial charge in [-0.1, -0.05) is 31.9 Å². The van der Waals surface area contributed by atoms with Crippen LogP contribution in [0.25, 0.3) is 0 Å². The van der Waals surface area contributed by atoms with Crippen LogP contribution in [0.5, 0.6) is 0 Å². The molecule has 6 unspecified atom stereocenters. The minimum absolute atomic E-state index is 0. The number of hydrogen-bond donors (Lipinski definition) is 2. The molecule has 0 spiro atoms. The van der Waals surface area contributed by atoms with Crippen LogP contribution in [0.2, 0.25) is 0 Å².